The van der Waals surface area contributed by atoms with E-state index in [0.717, 1.165) is 10.9 Å². The second kappa shape index (κ2) is 6.55. The standard InChI is InChI=1S/C17H17Br/c1-14-6-8-15(9-7-14)4-2-3-5-16-10-12-17(18)13-11-16/h2-6,8,10-13H,7,9H2,1H3/b4-2+,5-3+. The first kappa shape index (κ1) is 13.1. The van der Waals surface area contributed by atoms with Gasteiger partial charge < -0.3 is 0 Å². The molecule has 0 saturated carbocycles. The maximum absolute atomic E-state index is 3.43. The van der Waals surface area contributed by atoms with Gasteiger partial charge in [0.2, 0.25) is 0 Å². The van der Waals surface area contributed by atoms with E-state index >= 15 is 0 Å². The largest absolute Gasteiger partial charge is 0.0730 e. The van der Waals surface area contributed by atoms with Gasteiger partial charge in [-0.15, -0.1) is 0 Å². The quantitative estimate of drug-likeness (QED) is 0.630. The Labute approximate surface area is 118 Å². The first-order valence-corrected chi connectivity index (χ1v) is 7.00. The zero-order valence-electron chi connectivity index (χ0n) is 10.6. The number of benzene rings is 1. The van der Waals surface area contributed by atoms with Gasteiger partial charge in [-0.25, -0.2) is 0 Å². The Kier molecular flexibility index (Phi) is 4.77. The lowest BCUT2D eigenvalue weighted by atomic mass is 9.99. The summed E-state index contributed by atoms with van der Waals surface area (Å²) in [5, 5.41) is 0. The minimum atomic E-state index is 1.12. The van der Waals surface area contributed by atoms with Gasteiger partial charge in [0.25, 0.3) is 0 Å². The van der Waals surface area contributed by atoms with Crippen LogP contribution in [0.25, 0.3) is 6.08 Å². The molecular formula is C17H17Br. The second-order valence-corrected chi connectivity index (χ2v) is 5.44. The molecule has 92 valence electrons. The molecule has 0 spiro atoms. The van der Waals surface area contributed by atoms with E-state index in [2.05, 4.69) is 83.6 Å². The first-order valence-electron chi connectivity index (χ1n) is 6.21. The summed E-state index contributed by atoms with van der Waals surface area (Å²) in [5.74, 6) is 0. The Morgan fingerprint density at radius 3 is 2.33 bits per heavy atom. The number of hydrogen-bond acceptors (Lipinski definition) is 0. The van der Waals surface area contributed by atoms with Crippen molar-refractivity contribution < 1.29 is 0 Å². The third kappa shape index (κ3) is 4.15. The van der Waals surface area contributed by atoms with Crippen molar-refractivity contribution in [3.05, 3.63) is 75.8 Å². The van der Waals surface area contributed by atoms with Crippen LogP contribution in [0.1, 0.15) is 25.3 Å². The molecule has 1 aliphatic rings. The van der Waals surface area contributed by atoms with E-state index in [4.69, 9.17) is 0 Å². The monoisotopic (exact) mass is 300 g/mol. The summed E-state index contributed by atoms with van der Waals surface area (Å²) in [4.78, 5) is 0. The van der Waals surface area contributed by atoms with Crippen molar-refractivity contribution in [2.24, 2.45) is 0 Å². The van der Waals surface area contributed by atoms with Crippen LogP contribution in [-0.2, 0) is 0 Å². The maximum atomic E-state index is 3.43. The average molecular weight is 301 g/mol. The summed E-state index contributed by atoms with van der Waals surface area (Å²) in [7, 11) is 0. The summed E-state index contributed by atoms with van der Waals surface area (Å²) < 4.78 is 1.12. The zero-order chi connectivity index (χ0) is 12.8. The van der Waals surface area contributed by atoms with Crippen LogP contribution in [0.3, 0.4) is 0 Å². The van der Waals surface area contributed by atoms with Gasteiger partial charge in [0.1, 0.15) is 0 Å². The fourth-order valence-electron chi connectivity index (χ4n) is 1.82. The maximum Gasteiger partial charge on any atom is 0.0175 e. The van der Waals surface area contributed by atoms with Gasteiger partial charge in [-0.05, 0) is 43.0 Å². The molecule has 1 heteroatoms. The topological polar surface area (TPSA) is 0 Å². The summed E-state index contributed by atoms with van der Waals surface area (Å²) in [6.07, 6.45) is 15.3. The molecule has 0 amide bonds. The van der Waals surface area contributed by atoms with Crippen LogP contribution < -0.4 is 0 Å². The third-order valence-electron chi connectivity index (χ3n) is 2.97. The molecular weight excluding hydrogens is 284 g/mol. The Balaban J connectivity index is 1.93. The van der Waals surface area contributed by atoms with E-state index < -0.39 is 0 Å². The lowest BCUT2D eigenvalue weighted by Crippen LogP contribution is -1.87. The summed E-state index contributed by atoms with van der Waals surface area (Å²) >= 11 is 3.43. The Morgan fingerprint density at radius 1 is 0.944 bits per heavy atom. The number of halogens is 1. The summed E-state index contributed by atoms with van der Waals surface area (Å²) in [6.45, 7) is 2.18. The zero-order valence-corrected chi connectivity index (χ0v) is 12.2. The van der Waals surface area contributed by atoms with Crippen LogP contribution in [0, 0.1) is 0 Å². The minimum absolute atomic E-state index is 1.12. The molecule has 0 saturated heterocycles. The molecule has 1 aromatic carbocycles. The van der Waals surface area contributed by atoms with E-state index in [1.165, 1.54) is 23.1 Å². The van der Waals surface area contributed by atoms with Crippen LogP contribution >= 0.6 is 15.9 Å². The van der Waals surface area contributed by atoms with E-state index in [1.807, 2.05) is 0 Å². The highest BCUT2D eigenvalue weighted by Gasteiger charge is 1.98. The first-order chi connectivity index (χ1) is 8.74. The Morgan fingerprint density at radius 2 is 1.67 bits per heavy atom. The molecule has 0 aliphatic heterocycles. The highest BCUT2D eigenvalue weighted by molar-refractivity contribution is 9.10. The van der Waals surface area contributed by atoms with Crippen molar-refractivity contribution in [2.45, 2.75) is 19.8 Å². The second-order valence-electron chi connectivity index (χ2n) is 4.52. The number of rotatable bonds is 3. The minimum Gasteiger partial charge on any atom is -0.0730 e. The third-order valence-corrected chi connectivity index (χ3v) is 3.50. The van der Waals surface area contributed by atoms with Crippen LogP contribution in [-0.4, -0.2) is 0 Å². The lowest BCUT2D eigenvalue weighted by molar-refractivity contribution is 0.927. The molecule has 0 unspecified atom stereocenters. The van der Waals surface area contributed by atoms with Crippen LogP contribution in [0.15, 0.2) is 70.3 Å². The van der Waals surface area contributed by atoms with E-state index in [0.29, 0.717) is 0 Å². The van der Waals surface area contributed by atoms with Crippen LogP contribution in [0.2, 0.25) is 0 Å². The van der Waals surface area contributed by atoms with Gasteiger partial charge in [-0.1, -0.05) is 70.1 Å². The van der Waals surface area contributed by atoms with Crippen molar-refractivity contribution in [1.82, 2.24) is 0 Å². The van der Waals surface area contributed by atoms with E-state index in [1.54, 1.807) is 0 Å². The molecule has 0 bridgehead atoms. The molecule has 0 atom stereocenters. The van der Waals surface area contributed by atoms with Crippen LogP contribution in [0.4, 0.5) is 0 Å². The fourth-order valence-corrected chi connectivity index (χ4v) is 2.08. The predicted octanol–water partition coefficient (Wildman–Crippen LogP) is 5.69. The highest BCUT2D eigenvalue weighted by atomic mass is 79.9. The smallest absolute Gasteiger partial charge is 0.0175 e. The number of allylic oxidation sites excluding steroid dienone is 7. The SMILES string of the molecule is CC1=CC=C(/C=C/C=C/c2ccc(Br)cc2)CC1. The molecule has 0 nitrogen and oxygen atoms in total. The molecule has 0 radical (unpaired) electrons. The molecule has 1 aliphatic carbocycles. The predicted molar refractivity (Wildman–Crippen MR) is 83.4 cm³/mol. The molecule has 0 heterocycles. The van der Waals surface area contributed by atoms with Crippen molar-refractivity contribution in [3.8, 4) is 0 Å². The molecule has 0 fully saturated rings. The Hall–Kier alpha value is -1.34. The lowest BCUT2D eigenvalue weighted by Gasteiger charge is -2.07. The van der Waals surface area contributed by atoms with Crippen molar-refractivity contribution in [2.75, 3.05) is 0 Å². The molecule has 0 N–H and O–H groups in total. The molecule has 18 heavy (non-hydrogen) atoms. The van der Waals surface area contributed by atoms with Gasteiger partial charge in [-0.3, -0.25) is 0 Å². The average Bonchev–Trinajstić information content (AvgIpc) is 2.39. The van der Waals surface area contributed by atoms with Crippen molar-refractivity contribution in [3.63, 3.8) is 0 Å². The molecule has 0 aromatic heterocycles. The van der Waals surface area contributed by atoms with Gasteiger partial charge in [0.15, 0.2) is 0 Å². The van der Waals surface area contributed by atoms with Crippen molar-refractivity contribution >= 4 is 22.0 Å². The van der Waals surface area contributed by atoms with E-state index in [-0.39, 0.29) is 0 Å². The molecule has 2 rings (SSSR count). The summed E-state index contributed by atoms with van der Waals surface area (Å²) in [6, 6.07) is 8.31. The van der Waals surface area contributed by atoms with Gasteiger partial charge in [0, 0.05) is 4.47 Å². The Bertz CT molecular complexity index is 513. The summed E-state index contributed by atoms with van der Waals surface area (Å²) in [5.41, 5.74) is 4.09. The fraction of sp³-hybridized carbons (Fsp3) is 0.176. The number of hydrogen-bond donors (Lipinski definition) is 0. The van der Waals surface area contributed by atoms with Gasteiger partial charge in [-0.2, -0.15) is 0 Å². The van der Waals surface area contributed by atoms with Gasteiger partial charge >= 0.3 is 0 Å². The highest BCUT2D eigenvalue weighted by Crippen LogP contribution is 2.18. The van der Waals surface area contributed by atoms with Crippen LogP contribution in [0.5, 0.6) is 0 Å². The van der Waals surface area contributed by atoms with Gasteiger partial charge in [0.05, 0.1) is 0 Å². The van der Waals surface area contributed by atoms with Crippen molar-refractivity contribution in [1.29, 1.82) is 0 Å². The van der Waals surface area contributed by atoms with E-state index in [9.17, 15) is 0 Å². The normalized spacial score (nSPS) is 16.1. The molecule has 1 aromatic rings.